The van der Waals surface area contributed by atoms with Crippen LogP contribution in [0.2, 0.25) is 0 Å². The molecule has 1 aliphatic heterocycles. The summed E-state index contributed by atoms with van der Waals surface area (Å²) in [6.07, 6.45) is 2.52. The quantitative estimate of drug-likeness (QED) is 0.694. The van der Waals surface area contributed by atoms with E-state index in [1.807, 2.05) is 0 Å². The summed E-state index contributed by atoms with van der Waals surface area (Å²) in [4.78, 5) is 10.9. The van der Waals surface area contributed by atoms with Gasteiger partial charge in [-0.1, -0.05) is 6.92 Å². The van der Waals surface area contributed by atoms with Gasteiger partial charge in [0, 0.05) is 5.41 Å². The van der Waals surface area contributed by atoms with Crippen LogP contribution in [0.25, 0.3) is 0 Å². The molecule has 3 nitrogen and oxygen atoms in total. The molecule has 0 radical (unpaired) electrons. The number of ether oxygens (including phenoxy) is 1. The van der Waals surface area contributed by atoms with E-state index >= 15 is 0 Å². The molecule has 68 valence electrons. The molecule has 1 N–H and O–H groups in total. The van der Waals surface area contributed by atoms with E-state index in [-0.39, 0.29) is 10.8 Å². The Balaban J connectivity index is 1.98. The van der Waals surface area contributed by atoms with Crippen LogP contribution in [0.1, 0.15) is 26.2 Å². The zero-order valence-electron chi connectivity index (χ0n) is 7.30. The fourth-order valence-corrected chi connectivity index (χ4v) is 1.99. The lowest BCUT2D eigenvalue weighted by Gasteiger charge is -2.39. The van der Waals surface area contributed by atoms with Gasteiger partial charge in [0.1, 0.15) is 0 Å². The zero-order valence-corrected chi connectivity index (χ0v) is 7.30. The molecule has 1 aliphatic carbocycles. The SMILES string of the molecule is CC1(CC2(C(=O)O)CC2)COC1. The number of carbonyl (C=O) groups is 1. The number of carboxylic acid groups (broad SMARTS) is 1. The molecule has 0 unspecified atom stereocenters. The summed E-state index contributed by atoms with van der Waals surface area (Å²) in [5.41, 5.74) is -0.229. The van der Waals surface area contributed by atoms with Gasteiger partial charge in [-0.15, -0.1) is 0 Å². The minimum Gasteiger partial charge on any atom is -0.481 e. The first kappa shape index (κ1) is 8.05. The lowest BCUT2D eigenvalue weighted by molar-refractivity contribution is -0.152. The Kier molecular flexibility index (Phi) is 1.49. The first-order valence-electron chi connectivity index (χ1n) is 4.38. The molecule has 3 heteroatoms. The van der Waals surface area contributed by atoms with Crippen molar-refractivity contribution in [2.24, 2.45) is 10.8 Å². The van der Waals surface area contributed by atoms with E-state index in [1.54, 1.807) is 0 Å². The molecule has 2 rings (SSSR count). The molecule has 2 fully saturated rings. The number of carboxylic acids is 1. The van der Waals surface area contributed by atoms with E-state index in [2.05, 4.69) is 6.92 Å². The van der Waals surface area contributed by atoms with Gasteiger partial charge in [-0.2, -0.15) is 0 Å². The fraction of sp³-hybridized carbons (Fsp3) is 0.889. The lowest BCUT2D eigenvalue weighted by Crippen LogP contribution is -2.42. The smallest absolute Gasteiger partial charge is 0.309 e. The van der Waals surface area contributed by atoms with Gasteiger partial charge in [0.05, 0.1) is 18.6 Å². The van der Waals surface area contributed by atoms with Crippen LogP contribution >= 0.6 is 0 Å². The maximum atomic E-state index is 10.9. The van der Waals surface area contributed by atoms with E-state index in [4.69, 9.17) is 9.84 Å². The summed E-state index contributed by atoms with van der Waals surface area (Å²) in [7, 11) is 0. The monoisotopic (exact) mass is 170 g/mol. The van der Waals surface area contributed by atoms with Crippen molar-refractivity contribution in [1.29, 1.82) is 0 Å². The van der Waals surface area contributed by atoms with Crippen LogP contribution in [0.3, 0.4) is 0 Å². The molecule has 0 atom stereocenters. The maximum Gasteiger partial charge on any atom is 0.309 e. The first-order valence-corrected chi connectivity index (χ1v) is 4.38. The maximum absolute atomic E-state index is 10.9. The second kappa shape index (κ2) is 2.22. The van der Waals surface area contributed by atoms with E-state index in [0.717, 1.165) is 32.5 Å². The first-order chi connectivity index (χ1) is 5.56. The standard InChI is InChI=1S/C9H14O3/c1-8(5-12-6-8)4-9(2-3-9)7(10)11/h2-6H2,1H3,(H,10,11). The van der Waals surface area contributed by atoms with Crippen LogP contribution in [0, 0.1) is 10.8 Å². The third-order valence-electron chi connectivity index (χ3n) is 2.97. The Morgan fingerprint density at radius 3 is 2.33 bits per heavy atom. The number of rotatable bonds is 3. The molecular weight excluding hydrogens is 156 g/mol. The third-order valence-corrected chi connectivity index (χ3v) is 2.97. The molecule has 1 saturated heterocycles. The molecule has 0 aromatic heterocycles. The van der Waals surface area contributed by atoms with Crippen molar-refractivity contribution in [3.63, 3.8) is 0 Å². The van der Waals surface area contributed by atoms with Crippen molar-refractivity contribution in [3.8, 4) is 0 Å². The average molecular weight is 170 g/mol. The second-order valence-corrected chi connectivity index (χ2v) is 4.57. The predicted molar refractivity (Wildman–Crippen MR) is 42.8 cm³/mol. The highest BCUT2D eigenvalue weighted by Crippen LogP contribution is 2.55. The Morgan fingerprint density at radius 1 is 1.50 bits per heavy atom. The van der Waals surface area contributed by atoms with Gasteiger partial charge in [-0.05, 0) is 19.3 Å². The van der Waals surface area contributed by atoms with Crippen molar-refractivity contribution in [1.82, 2.24) is 0 Å². The van der Waals surface area contributed by atoms with Crippen LogP contribution in [0.4, 0.5) is 0 Å². The van der Waals surface area contributed by atoms with Crippen LogP contribution in [-0.4, -0.2) is 24.3 Å². The molecule has 0 aromatic rings. The Hall–Kier alpha value is -0.570. The Bertz CT molecular complexity index is 214. The molecular formula is C9H14O3. The van der Waals surface area contributed by atoms with Crippen molar-refractivity contribution in [2.75, 3.05) is 13.2 Å². The summed E-state index contributed by atoms with van der Waals surface area (Å²) in [6.45, 7) is 3.59. The van der Waals surface area contributed by atoms with Crippen LogP contribution in [0.5, 0.6) is 0 Å². The van der Waals surface area contributed by atoms with Crippen molar-refractivity contribution < 1.29 is 14.6 Å². The molecule has 0 aromatic carbocycles. The Morgan fingerprint density at radius 2 is 2.08 bits per heavy atom. The number of aliphatic carboxylic acids is 1. The van der Waals surface area contributed by atoms with Crippen molar-refractivity contribution >= 4 is 5.97 Å². The number of hydrogen-bond donors (Lipinski definition) is 1. The van der Waals surface area contributed by atoms with Gasteiger partial charge in [0.15, 0.2) is 0 Å². The number of hydrogen-bond acceptors (Lipinski definition) is 2. The normalized spacial score (nSPS) is 29.1. The third kappa shape index (κ3) is 1.12. The molecule has 0 spiro atoms. The van der Waals surface area contributed by atoms with E-state index in [0.29, 0.717) is 0 Å². The van der Waals surface area contributed by atoms with Gasteiger partial charge < -0.3 is 9.84 Å². The highest BCUT2D eigenvalue weighted by atomic mass is 16.5. The van der Waals surface area contributed by atoms with Gasteiger partial charge in [-0.25, -0.2) is 0 Å². The summed E-state index contributed by atoms with van der Waals surface area (Å²) in [6, 6.07) is 0. The lowest BCUT2D eigenvalue weighted by atomic mass is 9.78. The van der Waals surface area contributed by atoms with Gasteiger partial charge >= 0.3 is 5.97 Å². The molecule has 2 aliphatic rings. The molecule has 1 heterocycles. The van der Waals surface area contributed by atoms with Crippen LogP contribution < -0.4 is 0 Å². The van der Waals surface area contributed by atoms with Gasteiger partial charge in [-0.3, -0.25) is 4.79 Å². The summed E-state index contributed by atoms with van der Waals surface area (Å²) in [5.74, 6) is -0.615. The van der Waals surface area contributed by atoms with Crippen LogP contribution in [0.15, 0.2) is 0 Å². The summed E-state index contributed by atoms with van der Waals surface area (Å²) >= 11 is 0. The second-order valence-electron chi connectivity index (χ2n) is 4.57. The molecule has 0 amide bonds. The zero-order chi connectivity index (χ0) is 8.82. The molecule has 0 bridgehead atoms. The van der Waals surface area contributed by atoms with Gasteiger partial charge in [0.25, 0.3) is 0 Å². The van der Waals surface area contributed by atoms with Crippen molar-refractivity contribution in [3.05, 3.63) is 0 Å². The average Bonchev–Trinajstić information content (AvgIpc) is 2.66. The minimum absolute atomic E-state index is 0.148. The summed E-state index contributed by atoms with van der Waals surface area (Å²) < 4.78 is 5.10. The predicted octanol–water partition coefficient (Wildman–Crippen LogP) is 1.28. The van der Waals surface area contributed by atoms with E-state index in [1.165, 1.54) is 0 Å². The van der Waals surface area contributed by atoms with Crippen LogP contribution in [-0.2, 0) is 9.53 Å². The van der Waals surface area contributed by atoms with Crippen molar-refractivity contribution in [2.45, 2.75) is 26.2 Å². The van der Waals surface area contributed by atoms with E-state index < -0.39 is 5.97 Å². The van der Waals surface area contributed by atoms with E-state index in [9.17, 15) is 4.79 Å². The molecule has 1 saturated carbocycles. The highest BCUT2D eigenvalue weighted by molar-refractivity contribution is 5.77. The fourth-order valence-electron chi connectivity index (χ4n) is 1.99. The topological polar surface area (TPSA) is 46.5 Å². The van der Waals surface area contributed by atoms with Gasteiger partial charge in [0.2, 0.25) is 0 Å². The highest BCUT2D eigenvalue weighted by Gasteiger charge is 2.55. The minimum atomic E-state index is -0.615. The Labute approximate surface area is 71.7 Å². The summed E-state index contributed by atoms with van der Waals surface area (Å²) in [5, 5.41) is 8.95. The molecule has 12 heavy (non-hydrogen) atoms. The largest absolute Gasteiger partial charge is 0.481 e.